The molecule has 0 unspecified atom stereocenters. The molecule has 0 fully saturated rings. The maximum absolute atomic E-state index is 11.6. The number of rotatable bonds is 3. The molecule has 0 bridgehead atoms. The fourth-order valence-electron chi connectivity index (χ4n) is 1.63. The lowest BCUT2D eigenvalue weighted by Gasteiger charge is -2.06. The van der Waals surface area contributed by atoms with E-state index in [0.717, 1.165) is 22.4 Å². The van der Waals surface area contributed by atoms with Gasteiger partial charge in [-0.05, 0) is 18.2 Å². The molecule has 0 aliphatic carbocycles. The van der Waals surface area contributed by atoms with Gasteiger partial charge < -0.3 is 5.32 Å². The van der Waals surface area contributed by atoms with Crippen molar-refractivity contribution in [1.29, 1.82) is 0 Å². The SMILES string of the molecule is CNC(=O)c1ccc2nc(CBr)c(CBr)nc2c1. The van der Waals surface area contributed by atoms with E-state index in [1.54, 1.807) is 19.2 Å². The number of halogens is 2. The van der Waals surface area contributed by atoms with Crippen LogP contribution < -0.4 is 5.32 Å². The first-order valence-corrected chi connectivity index (χ1v) is 7.57. The molecule has 0 aliphatic heterocycles. The Balaban J connectivity index is 2.59. The molecular formula is C12H11Br2N3O. The van der Waals surface area contributed by atoms with Crippen LogP contribution in [0.4, 0.5) is 0 Å². The van der Waals surface area contributed by atoms with Crippen molar-refractivity contribution in [1.82, 2.24) is 15.3 Å². The van der Waals surface area contributed by atoms with Crippen LogP contribution in [0.3, 0.4) is 0 Å². The van der Waals surface area contributed by atoms with Gasteiger partial charge >= 0.3 is 0 Å². The minimum absolute atomic E-state index is 0.122. The lowest BCUT2D eigenvalue weighted by Crippen LogP contribution is -2.17. The van der Waals surface area contributed by atoms with Gasteiger partial charge in [-0.15, -0.1) is 0 Å². The Kier molecular flexibility index (Phi) is 4.29. The molecule has 0 spiro atoms. The average Bonchev–Trinajstić information content (AvgIpc) is 2.44. The Morgan fingerprint density at radius 1 is 1.17 bits per heavy atom. The monoisotopic (exact) mass is 371 g/mol. The van der Waals surface area contributed by atoms with Gasteiger partial charge in [0, 0.05) is 23.3 Å². The van der Waals surface area contributed by atoms with E-state index < -0.39 is 0 Å². The largest absolute Gasteiger partial charge is 0.355 e. The number of fused-ring (bicyclic) bond motifs is 1. The number of hydrogen-bond donors (Lipinski definition) is 1. The Labute approximate surface area is 121 Å². The number of hydrogen-bond acceptors (Lipinski definition) is 3. The van der Waals surface area contributed by atoms with Crippen LogP contribution in [-0.2, 0) is 10.7 Å². The zero-order valence-corrected chi connectivity index (χ0v) is 12.9. The highest BCUT2D eigenvalue weighted by molar-refractivity contribution is 9.09. The van der Waals surface area contributed by atoms with E-state index in [1.807, 2.05) is 6.07 Å². The number of alkyl halides is 2. The van der Waals surface area contributed by atoms with Crippen LogP contribution in [0, 0.1) is 0 Å². The number of carbonyl (C=O) groups is 1. The van der Waals surface area contributed by atoms with E-state index in [4.69, 9.17) is 0 Å². The smallest absolute Gasteiger partial charge is 0.251 e. The molecule has 0 atom stereocenters. The third-order valence-electron chi connectivity index (χ3n) is 2.56. The lowest BCUT2D eigenvalue weighted by molar-refractivity contribution is 0.0963. The molecule has 18 heavy (non-hydrogen) atoms. The van der Waals surface area contributed by atoms with Crippen molar-refractivity contribution in [2.45, 2.75) is 10.7 Å². The average molecular weight is 373 g/mol. The second-order valence-corrected chi connectivity index (χ2v) is 4.79. The Morgan fingerprint density at radius 3 is 2.33 bits per heavy atom. The first-order valence-electron chi connectivity index (χ1n) is 5.33. The molecular weight excluding hydrogens is 362 g/mol. The number of amides is 1. The van der Waals surface area contributed by atoms with E-state index in [9.17, 15) is 4.79 Å². The molecule has 4 nitrogen and oxygen atoms in total. The Bertz CT molecular complexity index is 601. The van der Waals surface area contributed by atoms with Crippen LogP contribution in [0.5, 0.6) is 0 Å². The van der Waals surface area contributed by atoms with Gasteiger partial charge in [-0.25, -0.2) is 9.97 Å². The van der Waals surface area contributed by atoms with Crippen LogP contribution in [-0.4, -0.2) is 22.9 Å². The summed E-state index contributed by atoms with van der Waals surface area (Å²) in [6.45, 7) is 0. The van der Waals surface area contributed by atoms with Gasteiger partial charge in [-0.1, -0.05) is 31.9 Å². The fraction of sp³-hybridized carbons (Fsp3) is 0.250. The molecule has 0 saturated carbocycles. The van der Waals surface area contributed by atoms with E-state index in [2.05, 4.69) is 47.1 Å². The third kappa shape index (κ3) is 2.54. The molecule has 1 amide bonds. The zero-order chi connectivity index (χ0) is 13.1. The predicted octanol–water partition coefficient (Wildman–Crippen LogP) is 2.78. The molecule has 1 N–H and O–H groups in total. The second-order valence-electron chi connectivity index (χ2n) is 3.67. The molecule has 1 heterocycles. The van der Waals surface area contributed by atoms with Crippen LogP contribution in [0.25, 0.3) is 11.0 Å². The van der Waals surface area contributed by atoms with Crippen molar-refractivity contribution >= 4 is 48.8 Å². The highest BCUT2D eigenvalue weighted by Gasteiger charge is 2.09. The molecule has 2 aromatic rings. The number of carbonyl (C=O) groups excluding carboxylic acids is 1. The van der Waals surface area contributed by atoms with Gasteiger partial charge in [-0.2, -0.15) is 0 Å². The van der Waals surface area contributed by atoms with Crippen molar-refractivity contribution < 1.29 is 4.79 Å². The summed E-state index contributed by atoms with van der Waals surface area (Å²) in [4.78, 5) is 20.6. The maximum Gasteiger partial charge on any atom is 0.251 e. The van der Waals surface area contributed by atoms with Crippen LogP contribution >= 0.6 is 31.9 Å². The standard InChI is InChI=1S/C12H11Br2N3O/c1-15-12(18)7-2-3-8-9(4-7)17-11(6-14)10(5-13)16-8/h2-4H,5-6H2,1H3,(H,15,18). The quantitative estimate of drug-likeness (QED) is 0.843. The summed E-state index contributed by atoms with van der Waals surface area (Å²) in [6, 6.07) is 5.32. The van der Waals surface area contributed by atoms with Gasteiger partial charge in [-0.3, -0.25) is 4.79 Å². The van der Waals surface area contributed by atoms with Gasteiger partial charge in [0.1, 0.15) is 0 Å². The zero-order valence-electron chi connectivity index (χ0n) is 9.70. The van der Waals surface area contributed by atoms with E-state index >= 15 is 0 Å². The molecule has 0 radical (unpaired) electrons. The minimum atomic E-state index is -0.122. The molecule has 1 aromatic carbocycles. The summed E-state index contributed by atoms with van der Waals surface area (Å²) in [5.74, 6) is -0.122. The predicted molar refractivity (Wildman–Crippen MR) is 78.2 cm³/mol. The number of aromatic nitrogens is 2. The highest BCUT2D eigenvalue weighted by Crippen LogP contribution is 2.18. The van der Waals surface area contributed by atoms with Gasteiger partial charge in [0.15, 0.2) is 0 Å². The first-order chi connectivity index (χ1) is 8.69. The highest BCUT2D eigenvalue weighted by atomic mass is 79.9. The topological polar surface area (TPSA) is 54.9 Å². The van der Waals surface area contributed by atoms with E-state index in [0.29, 0.717) is 16.2 Å². The number of nitrogens with zero attached hydrogens (tertiary/aromatic N) is 2. The summed E-state index contributed by atoms with van der Waals surface area (Å²) >= 11 is 6.79. The number of benzene rings is 1. The first kappa shape index (κ1) is 13.4. The van der Waals surface area contributed by atoms with Crippen molar-refractivity contribution in [3.8, 4) is 0 Å². The van der Waals surface area contributed by atoms with Crippen molar-refractivity contribution in [3.05, 3.63) is 35.2 Å². The summed E-state index contributed by atoms with van der Waals surface area (Å²) in [5, 5.41) is 3.89. The van der Waals surface area contributed by atoms with E-state index in [-0.39, 0.29) is 5.91 Å². The normalized spacial score (nSPS) is 10.6. The van der Waals surface area contributed by atoms with Crippen LogP contribution in [0.2, 0.25) is 0 Å². The lowest BCUT2D eigenvalue weighted by atomic mass is 10.1. The minimum Gasteiger partial charge on any atom is -0.355 e. The summed E-state index contributed by atoms with van der Waals surface area (Å²) < 4.78 is 0. The van der Waals surface area contributed by atoms with Crippen LogP contribution in [0.1, 0.15) is 21.7 Å². The van der Waals surface area contributed by atoms with Gasteiger partial charge in [0.2, 0.25) is 0 Å². The Morgan fingerprint density at radius 2 is 1.78 bits per heavy atom. The van der Waals surface area contributed by atoms with Gasteiger partial charge in [0.05, 0.1) is 22.4 Å². The summed E-state index contributed by atoms with van der Waals surface area (Å²) in [7, 11) is 1.61. The third-order valence-corrected chi connectivity index (χ3v) is 3.62. The van der Waals surface area contributed by atoms with E-state index in [1.165, 1.54) is 0 Å². The number of nitrogens with one attached hydrogen (secondary N) is 1. The Hall–Kier alpha value is -1.01. The summed E-state index contributed by atoms with van der Waals surface area (Å²) in [6.07, 6.45) is 0. The maximum atomic E-state index is 11.6. The molecule has 0 saturated heterocycles. The van der Waals surface area contributed by atoms with Crippen molar-refractivity contribution in [2.24, 2.45) is 0 Å². The van der Waals surface area contributed by atoms with Crippen LogP contribution in [0.15, 0.2) is 18.2 Å². The molecule has 0 aliphatic rings. The summed E-state index contributed by atoms with van der Waals surface area (Å²) in [5.41, 5.74) is 3.91. The molecule has 1 aromatic heterocycles. The second kappa shape index (κ2) is 5.75. The van der Waals surface area contributed by atoms with Crippen molar-refractivity contribution in [2.75, 3.05) is 7.05 Å². The fourth-order valence-corrected chi connectivity index (χ4v) is 2.53. The molecule has 2 rings (SSSR count). The molecule has 6 heteroatoms. The molecule has 94 valence electrons. The van der Waals surface area contributed by atoms with Crippen molar-refractivity contribution in [3.63, 3.8) is 0 Å². The van der Waals surface area contributed by atoms with Gasteiger partial charge in [0.25, 0.3) is 5.91 Å².